The van der Waals surface area contributed by atoms with Crippen LogP contribution in [0.25, 0.3) is 0 Å². The highest BCUT2D eigenvalue weighted by Crippen LogP contribution is 2.31. The number of carbonyl (C=O) groups is 2. The van der Waals surface area contributed by atoms with E-state index in [2.05, 4.69) is 27.9 Å². The third-order valence-corrected chi connectivity index (χ3v) is 4.10. The van der Waals surface area contributed by atoms with Gasteiger partial charge in [0, 0.05) is 9.26 Å². The molecule has 0 aromatic heterocycles. The number of hydrogen-bond donors (Lipinski definition) is 2. The largest absolute Gasteiger partial charge is 0.493 e. The summed E-state index contributed by atoms with van der Waals surface area (Å²) < 4.78 is 16.3. The fraction of sp³-hybridized carbons (Fsp3) is 0.176. The molecule has 25 heavy (non-hydrogen) atoms. The number of rotatable bonds is 7. The Morgan fingerprint density at radius 2 is 1.68 bits per heavy atom. The molecule has 8 heteroatoms. The first kappa shape index (κ1) is 18.8. The zero-order valence-corrected chi connectivity index (χ0v) is 15.8. The van der Waals surface area contributed by atoms with E-state index >= 15 is 0 Å². The van der Waals surface area contributed by atoms with Crippen molar-refractivity contribution in [1.29, 1.82) is 0 Å². The lowest BCUT2D eigenvalue weighted by atomic mass is 10.2. The summed E-state index contributed by atoms with van der Waals surface area (Å²) in [7, 11) is 3.05. The fourth-order valence-electron chi connectivity index (χ4n) is 2.02. The van der Waals surface area contributed by atoms with Crippen molar-refractivity contribution in [2.75, 3.05) is 26.1 Å². The monoisotopic (exact) mass is 456 g/mol. The Morgan fingerprint density at radius 3 is 2.24 bits per heavy atom. The van der Waals surface area contributed by atoms with E-state index in [0.717, 1.165) is 3.57 Å². The highest BCUT2D eigenvalue weighted by molar-refractivity contribution is 14.1. The van der Waals surface area contributed by atoms with E-state index < -0.39 is 5.91 Å². The molecule has 132 valence electrons. The molecule has 2 aromatic carbocycles. The summed E-state index contributed by atoms with van der Waals surface area (Å²) in [6.07, 6.45) is 0. The molecule has 2 amide bonds. The van der Waals surface area contributed by atoms with Gasteiger partial charge in [0.25, 0.3) is 11.8 Å². The number of hydrogen-bond acceptors (Lipinski definition) is 5. The zero-order chi connectivity index (χ0) is 18.4. The molecule has 0 fully saturated rings. The maximum absolute atomic E-state index is 12.5. The number of nitrogens with two attached hydrogens (primary N) is 1. The number of benzene rings is 2. The summed E-state index contributed by atoms with van der Waals surface area (Å²) in [6.45, 7) is -0.199. The number of nitrogens with one attached hydrogen (secondary N) is 1. The van der Waals surface area contributed by atoms with Crippen molar-refractivity contribution in [3.63, 3.8) is 0 Å². The van der Waals surface area contributed by atoms with Gasteiger partial charge in [-0.2, -0.15) is 0 Å². The van der Waals surface area contributed by atoms with Gasteiger partial charge in [-0.25, -0.2) is 0 Å². The molecule has 0 radical (unpaired) electrons. The molecule has 2 rings (SSSR count). The first-order chi connectivity index (χ1) is 11.9. The quantitative estimate of drug-likeness (QED) is 0.624. The van der Waals surface area contributed by atoms with Crippen LogP contribution in [-0.4, -0.2) is 32.6 Å². The lowest BCUT2D eigenvalue weighted by molar-refractivity contribution is -0.119. The van der Waals surface area contributed by atoms with Gasteiger partial charge in [-0.1, -0.05) is 0 Å². The van der Waals surface area contributed by atoms with Crippen LogP contribution >= 0.6 is 22.6 Å². The molecule has 0 aliphatic carbocycles. The van der Waals surface area contributed by atoms with Gasteiger partial charge >= 0.3 is 0 Å². The number of halogens is 1. The predicted molar refractivity (Wildman–Crippen MR) is 101 cm³/mol. The number of primary amides is 1. The summed E-state index contributed by atoms with van der Waals surface area (Å²) in [5, 5.41) is 2.79. The Hall–Kier alpha value is -2.49. The average Bonchev–Trinajstić information content (AvgIpc) is 2.60. The third kappa shape index (κ3) is 4.99. The Balaban J connectivity index is 2.13. The Bertz CT molecular complexity index is 777. The van der Waals surface area contributed by atoms with E-state index in [9.17, 15) is 9.59 Å². The standard InChI is InChI=1S/C17H17IN2O5/c1-23-14-7-12(13(18)8-15(14)24-2)17(22)20-10-3-5-11(6-4-10)25-9-16(19)21/h3-8H,9H2,1-2H3,(H2,19,21)(H,20,22). The van der Waals surface area contributed by atoms with Crippen LogP contribution in [0.1, 0.15) is 10.4 Å². The molecule has 0 saturated carbocycles. The fourth-order valence-corrected chi connectivity index (χ4v) is 2.70. The second-order valence-electron chi connectivity index (χ2n) is 4.92. The van der Waals surface area contributed by atoms with Crippen LogP contribution in [-0.2, 0) is 4.79 Å². The highest BCUT2D eigenvalue weighted by atomic mass is 127. The third-order valence-electron chi connectivity index (χ3n) is 3.21. The highest BCUT2D eigenvalue weighted by Gasteiger charge is 2.15. The van der Waals surface area contributed by atoms with Crippen LogP contribution in [0.15, 0.2) is 36.4 Å². The minimum Gasteiger partial charge on any atom is -0.493 e. The molecule has 3 N–H and O–H groups in total. The zero-order valence-electron chi connectivity index (χ0n) is 13.7. The molecular weight excluding hydrogens is 439 g/mol. The van der Waals surface area contributed by atoms with E-state index in [1.54, 1.807) is 36.4 Å². The van der Waals surface area contributed by atoms with E-state index in [1.165, 1.54) is 14.2 Å². The van der Waals surface area contributed by atoms with Crippen molar-refractivity contribution in [2.24, 2.45) is 5.73 Å². The summed E-state index contributed by atoms with van der Waals surface area (Å²) in [5.41, 5.74) is 6.07. The van der Waals surface area contributed by atoms with E-state index in [0.29, 0.717) is 28.5 Å². The van der Waals surface area contributed by atoms with E-state index in [-0.39, 0.29) is 12.5 Å². The van der Waals surface area contributed by atoms with Gasteiger partial charge in [-0.3, -0.25) is 9.59 Å². The predicted octanol–water partition coefficient (Wildman–Crippen LogP) is 2.42. The van der Waals surface area contributed by atoms with Crippen molar-refractivity contribution in [3.05, 3.63) is 45.5 Å². The number of ether oxygens (including phenoxy) is 3. The van der Waals surface area contributed by atoms with Gasteiger partial charge in [0.05, 0.1) is 19.8 Å². The molecule has 0 saturated heterocycles. The van der Waals surface area contributed by atoms with Gasteiger partial charge in [0.1, 0.15) is 5.75 Å². The summed E-state index contributed by atoms with van der Waals surface area (Å²) in [6, 6.07) is 9.97. The molecule has 0 atom stereocenters. The minimum atomic E-state index is -0.555. The van der Waals surface area contributed by atoms with Crippen molar-refractivity contribution >= 4 is 40.1 Å². The van der Waals surface area contributed by atoms with Crippen LogP contribution in [0.4, 0.5) is 5.69 Å². The smallest absolute Gasteiger partial charge is 0.256 e. The molecule has 0 aliphatic rings. The van der Waals surface area contributed by atoms with Crippen LogP contribution in [0.2, 0.25) is 0 Å². The number of methoxy groups -OCH3 is 2. The summed E-state index contributed by atoms with van der Waals surface area (Å²) in [4.78, 5) is 23.2. The van der Waals surface area contributed by atoms with Crippen LogP contribution < -0.4 is 25.3 Å². The molecular formula is C17H17IN2O5. The lowest BCUT2D eigenvalue weighted by Gasteiger charge is -2.12. The van der Waals surface area contributed by atoms with Gasteiger partial charge in [-0.05, 0) is 59.0 Å². The second kappa shape index (κ2) is 8.56. The normalized spacial score (nSPS) is 10.0. The Labute approximate surface area is 158 Å². The minimum absolute atomic E-state index is 0.199. The molecule has 7 nitrogen and oxygen atoms in total. The average molecular weight is 456 g/mol. The van der Waals surface area contributed by atoms with Crippen molar-refractivity contribution in [2.45, 2.75) is 0 Å². The van der Waals surface area contributed by atoms with Gasteiger partial charge in [0.2, 0.25) is 0 Å². The van der Waals surface area contributed by atoms with Crippen molar-refractivity contribution in [1.82, 2.24) is 0 Å². The second-order valence-corrected chi connectivity index (χ2v) is 6.08. The van der Waals surface area contributed by atoms with Crippen LogP contribution in [0.3, 0.4) is 0 Å². The van der Waals surface area contributed by atoms with E-state index in [1.807, 2.05) is 0 Å². The van der Waals surface area contributed by atoms with Gasteiger partial charge in [0.15, 0.2) is 18.1 Å². The number of amides is 2. The number of carbonyl (C=O) groups excluding carboxylic acids is 2. The first-order valence-electron chi connectivity index (χ1n) is 7.18. The first-order valence-corrected chi connectivity index (χ1v) is 8.26. The van der Waals surface area contributed by atoms with Crippen LogP contribution in [0.5, 0.6) is 17.2 Å². The molecule has 0 heterocycles. The maximum atomic E-state index is 12.5. The van der Waals surface area contributed by atoms with Crippen molar-refractivity contribution < 1.29 is 23.8 Å². The Morgan fingerprint density at radius 1 is 1.08 bits per heavy atom. The molecule has 0 bridgehead atoms. The summed E-state index contributed by atoms with van der Waals surface area (Å²) >= 11 is 2.06. The van der Waals surface area contributed by atoms with E-state index in [4.69, 9.17) is 19.9 Å². The SMILES string of the molecule is COc1cc(I)c(C(=O)Nc2ccc(OCC(N)=O)cc2)cc1OC. The molecule has 2 aromatic rings. The lowest BCUT2D eigenvalue weighted by Crippen LogP contribution is -2.20. The Kier molecular flexibility index (Phi) is 6.45. The van der Waals surface area contributed by atoms with Crippen molar-refractivity contribution in [3.8, 4) is 17.2 Å². The molecule has 0 spiro atoms. The van der Waals surface area contributed by atoms with Gasteiger partial charge < -0.3 is 25.3 Å². The maximum Gasteiger partial charge on any atom is 0.256 e. The topological polar surface area (TPSA) is 99.9 Å². The van der Waals surface area contributed by atoms with Gasteiger partial charge in [-0.15, -0.1) is 0 Å². The van der Waals surface area contributed by atoms with Crippen LogP contribution in [0, 0.1) is 3.57 Å². The summed E-state index contributed by atoms with van der Waals surface area (Å²) in [5.74, 6) is 0.678. The molecule has 0 unspecified atom stereocenters. The number of anilines is 1. The molecule has 0 aliphatic heterocycles.